The van der Waals surface area contributed by atoms with Gasteiger partial charge in [-0.1, -0.05) is 86.1 Å². The van der Waals surface area contributed by atoms with Gasteiger partial charge in [0.05, 0.1) is 0 Å². The quantitative estimate of drug-likeness (QED) is 0.176. The van der Waals surface area contributed by atoms with Crippen molar-refractivity contribution in [3.05, 3.63) is 101 Å². The van der Waals surface area contributed by atoms with Crippen LogP contribution in [0.15, 0.2) is 84.9 Å². The first-order valence-corrected chi connectivity index (χ1v) is 11.7. The van der Waals surface area contributed by atoms with Crippen molar-refractivity contribution in [3.63, 3.8) is 0 Å². The summed E-state index contributed by atoms with van der Waals surface area (Å²) in [6, 6.07) is 26.6. The maximum Gasteiger partial charge on any atom is 0.225 e. The smallest absolute Gasteiger partial charge is 0.225 e. The molecule has 29 heavy (non-hydrogen) atoms. The fraction of sp³-hybridized carbons (Fsp3) is 0.240. The summed E-state index contributed by atoms with van der Waals surface area (Å²) in [6.07, 6.45) is 3.65. The molecule has 3 aromatic carbocycles. The summed E-state index contributed by atoms with van der Waals surface area (Å²) in [7, 11) is -3.26. The van der Waals surface area contributed by atoms with Gasteiger partial charge < -0.3 is 9.77 Å². The van der Waals surface area contributed by atoms with E-state index in [0.29, 0.717) is 10.6 Å². The number of nitrogens with zero attached hydrogens (tertiary/aromatic N) is 1. The summed E-state index contributed by atoms with van der Waals surface area (Å²) in [5.74, 6) is 0. The standard InChI is InChI=1S/C25H28NO2P/c1-4-11-21-16-18-22(19-17-21)20-26(27)25(2,3)29(28,23-12-7-5-8-13-23)24-14-9-6-10-15-24/h5-10,12-20H,4,11H2,1-3H3/b26-20-. The Bertz CT molecular complexity index is 966. The van der Waals surface area contributed by atoms with Crippen LogP contribution in [0.3, 0.4) is 0 Å². The van der Waals surface area contributed by atoms with Crippen molar-refractivity contribution in [2.75, 3.05) is 0 Å². The molecule has 0 fully saturated rings. The summed E-state index contributed by atoms with van der Waals surface area (Å²) in [5, 5.41) is 13.5. The Morgan fingerprint density at radius 3 is 1.79 bits per heavy atom. The van der Waals surface area contributed by atoms with Crippen LogP contribution in [0.1, 0.15) is 38.3 Å². The first-order chi connectivity index (χ1) is 13.9. The van der Waals surface area contributed by atoms with Crippen LogP contribution in [0.4, 0.5) is 0 Å². The van der Waals surface area contributed by atoms with Gasteiger partial charge in [-0.05, 0) is 24.1 Å². The Hall–Kier alpha value is -2.64. The molecule has 0 atom stereocenters. The van der Waals surface area contributed by atoms with Crippen molar-refractivity contribution in [3.8, 4) is 0 Å². The zero-order valence-corrected chi connectivity index (χ0v) is 18.2. The van der Waals surface area contributed by atoms with Crippen LogP contribution in [0.5, 0.6) is 0 Å². The highest BCUT2D eigenvalue weighted by Gasteiger charge is 2.50. The van der Waals surface area contributed by atoms with E-state index in [0.717, 1.165) is 23.1 Å². The van der Waals surface area contributed by atoms with Gasteiger partial charge in [-0.25, -0.2) is 0 Å². The van der Waals surface area contributed by atoms with Crippen LogP contribution in [0, 0.1) is 5.21 Å². The maximum absolute atomic E-state index is 14.5. The van der Waals surface area contributed by atoms with Crippen molar-refractivity contribution in [2.45, 2.75) is 38.9 Å². The minimum atomic E-state index is -3.26. The van der Waals surface area contributed by atoms with Crippen LogP contribution in [0.2, 0.25) is 0 Å². The van der Waals surface area contributed by atoms with Crippen LogP contribution >= 0.6 is 7.14 Å². The average Bonchev–Trinajstić information content (AvgIpc) is 2.75. The second-order valence-corrected chi connectivity index (χ2v) is 11.1. The SMILES string of the molecule is CCCc1ccc(/C=[N+](\[O-])C(C)(C)P(=O)(c2ccccc2)c2ccccc2)cc1. The van der Waals surface area contributed by atoms with E-state index in [1.807, 2.05) is 84.9 Å². The first-order valence-electron chi connectivity index (χ1n) is 10.0. The lowest BCUT2D eigenvalue weighted by molar-refractivity contribution is -0.506. The second-order valence-electron chi connectivity index (χ2n) is 7.72. The third-order valence-corrected chi connectivity index (χ3v) is 9.12. The predicted octanol–water partition coefficient (Wildman–Crippen LogP) is 5.32. The average molecular weight is 405 g/mol. The zero-order chi connectivity index (χ0) is 20.9. The molecule has 0 N–H and O–H groups in total. The zero-order valence-electron chi connectivity index (χ0n) is 17.3. The van der Waals surface area contributed by atoms with Crippen molar-refractivity contribution in [2.24, 2.45) is 0 Å². The molecule has 0 heterocycles. The van der Waals surface area contributed by atoms with E-state index < -0.39 is 12.4 Å². The summed E-state index contributed by atoms with van der Waals surface area (Å²) in [5.41, 5.74) is 2.06. The summed E-state index contributed by atoms with van der Waals surface area (Å²) >= 11 is 0. The molecule has 150 valence electrons. The van der Waals surface area contributed by atoms with Gasteiger partial charge in [-0.3, -0.25) is 0 Å². The second kappa shape index (κ2) is 8.80. The largest absolute Gasteiger partial charge is 0.623 e. The first kappa shape index (κ1) is 21.1. The van der Waals surface area contributed by atoms with E-state index in [9.17, 15) is 9.77 Å². The summed E-state index contributed by atoms with van der Waals surface area (Å²) in [6.45, 7) is 5.68. The highest BCUT2D eigenvalue weighted by molar-refractivity contribution is 7.79. The van der Waals surface area contributed by atoms with Crippen molar-refractivity contribution in [1.82, 2.24) is 0 Å². The van der Waals surface area contributed by atoms with E-state index in [1.54, 1.807) is 20.1 Å². The van der Waals surface area contributed by atoms with Gasteiger partial charge in [0, 0.05) is 30.0 Å². The minimum absolute atomic E-state index is 0.684. The lowest BCUT2D eigenvalue weighted by atomic mass is 10.1. The molecule has 0 amide bonds. The molecule has 4 heteroatoms. The molecule has 3 aromatic rings. The molecule has 3 rings (SSSR count). The van der Waals surface area contributed by atoms with E-state index in [1.165, 1.54) is 5.56 Å². The van der Waals surface area contributed by atoms with E-state index in [-0.39, 0.29) is 0 Å². The number of rotatable bonds is 7. The fourth-order valence-electron chi connectivity index (χ4n) is 3.55. The van der Waals surface area contributed by atoms with Crippen molar-refractivity contribution in [1.29, 1.82) is 0 Å². The Morgan fingerprint density at radius 2 is 1.34 bits per heavy atom. The molecule has 0 bridgehead atoms. The molecule has 0 saturated heterocycles. The van der Waals surface area contributed by atoms with Crippen LogP contribution in [0.25, 0.3) is 0 Å². The van der Waals surface area contributed by atoms with Gasteiger partial charge >= 0.3 is 0 Å². The third-order valence-electron chi connectivity index (χ3n) is 5.33. The number of hydrogen-bond acceptors (Lipinski definition) is 2. The number of benzene rings is 3. The third kappa shape index (κ3) is 4.21. The molecule has 0 unspecified atom stereocenters. The topological polar surface area (TPSA) is 43.1 Å². The summed E-state index contributed by atoms with van der Waals surface area (Å²) in [4.78, 5) is 0. The molecular formula is C25H28NO2P. The predicted molar refractivity (Wildman–Crippen MR) is 123 cm³/mol. The highest BCUT2D eigenvalue weighted by atomic mass is 31.2. The van der Waals surface area contributed by atoms with Gasteiger partial charge in [0.25, 0.3) is 0 Å². The number of aryl methyl sites for hydroxylation is 1. The highest BCUT2D eigenvalue weighted by Crippen LogP contribution is 2.56. The number of hydrogen-bond donors (Lipinski definition) is 0. The molecule has 0 spiro atoms. The maximum atomic E-state index is 14.5. The molecule has 0 aliphatic heterocycles. The monoisotopic (exact) mass is 405 g/mol. The fourth-order valence-corrected chi connectivity index (χ4v) is 6.63. The van der Waals surface area contributed by atoms with Crippen LogP contribution in [-0.4, -0.2) is 16.2 Å². The minimum Gasteiger partial charge on any atom is -0.623 e. The molecule has 0 radical (unpaired) electrons. The van der Waals surface area contributed by atoms with Crippen LogP contribution in [-0.2, 0) is 11.0 Å². The van der Waals surface area contributed by atoms with Gasteiger partial charge in [0.15, 0.2) is 6.21 Å². The van der Waals surface area contributed by atoms with E-state index in [4.69, 9.17) is 0 Å². The normalized spacial score (nSPS) is 12.7. The summed E-state index contributed by atoms with van der Waals surface area (Å²) < 4.78 is 15.4. The molecule has 0 saturated carbocycles. The number of hydroxylamine groups is 1. The lowest BCUT2D eigenvalue weighted by Gasteiger charge is -2.33. The van der Waals surface area contributed by atoms with E-state index in [2.05, 4.69) is 6.92 Å². The van der Waals surface area contributed by atoms with Crippen molar-refractivity contribution >= 4 is 24.0 Å². The van der Waals surface area contributed by atoms with Gasteiger partial charge in [-0.2, -0.15) is 4.74 Å². The molecular weight excluding hydrogens is 377 g/mol. The molecule has 0 aliphatic carbocycles. The Balaban J connectivity index is 2.08. The van der Waals surface area contributed by atoms with Crippen LogP contribution < -0.4 is 10.6 Å². The molecule has 0 aromatic heterocycles. The Morgan fingerprint density at radius 1 is 0.862 bits per heavy atom. The van der Waals surface area contributed by atoms with Gasteiger partial charge in [-0.15, -0.1) is 0 Å². The van der Waals surface area contributed by atoms with Crippen molar-refractivity contribution < 1.29 is 9.30 Å². The Labute approximate surface area is 173 Å². The van der Waals surface area contributed by atoms with Gasteiger partial charge in [0.1, 0.15) is 0 Å². The Kier molecular flexibility index (Phi) is 6.39. The lowest BCUT2D eigenvalue weighted by Crippen LogP contribution is -2.41. The molecule has 0 aliphatic rings. The van der Waals surface area contributed by atoms with Gasteiger partial charge in [0.2, 0.25) is 12.4 Å². The molecule has 3 nitrogen and oxygen atoms in total. The van der Waals surface area contributed by atoms with E-state index >= 15 is 0 Å².